The van der Waals surface area contributed by atoms with Crippen molar-refractivity contribution in [2.45, 2.75) is 37.5 Å². The molecule has 1 aromatic rings. The molecule has 0 heterocycles. The first-order valence-electron chi connectivity index (χ1n) is 7.02. The largest absolute Gasteiger partial charge is 0.478 e. The van der Waals surface area contributed by atoms with Crippen LogP contribution in [0.25, 0.3) is 0 Å². The molecule has 0 bridgehead atoms. The molecular weight excluding hydrogens is 306 g/mol. The number of sulfone groups is 1. The summed E-state index contributed by atoms with van der Waals surface area (Å²) in [5.41, 5.74) is -0.460. The molecule has 7 heteroatoms. The van der Waals surface area contributed by atoms with Gasteiger partial charge in [-0.15, -0.1) is 0 Å². The Kier molecular flexibility index (Phi) is 4.28. The van der Waals surface area contributed by atoms with E-state index in [1.54, 1.807) is 0 Å². The standard InChI is InChI=1S/C15H19NO5S/c1-15(5-3-4-6-15)14(19)16-11-7-10(13(17)18)8-12(9-11)22(2,20)21/h7-9H,3-6H2,1-2H3,(H,16,19)(H,17,18). The highest BCUT2D eigenvalue weighted by Gasteiger charge is 2.36. The number of benzene rings is 1. The minimum absolute atomic E-state index is 0.126. The zero-order chi connectivity index (χ0) is 16.5. The number of anilines is 1. The number of carbonyl (C=O) groups is 2. The van der Waals surface area contributed by atoms with E-state index in [0.29, 0.717) is 0 Å². The normalized spacial score (nSPS) is 17.2. The van der Waals surface area contributed by atoms with E-state index in [0.717, 1.165) is 38.0 Å². The molecule has 1 amide bonds. The van der Waals surface area contributed by atoms with Gasteiger partial charge in [0.2, 0.25) is 5.91 Å². The van der Waals surface area contributed by atoms with Crippen LogP contribution in [0.1, 0.15) is 43.0 Å². The molecule has 0 spiro atoms. The Labute approximate surface area is 129 Å². The van der Waals surface area contributed by atoms with E-state index in [1.807, 2.05) is 6.92 Å². The third-order valence-corrected chi connectivity index (χ3v) is 5.19. The molecule has 0 radical (unpaired) electrons. The van der Waals surface area contributed by atoms with E-state index in [4.69, 9.17) is 5.11 Å². The van der Waals surface area contributed by atoms with Gasteiger partial charge in [0, 0.05) is 17.4 Å². The van der Waals surface area contributed by atoms with E-state index in [9.17, 15) is 18.0 Å². The van der Waals surface area contributed by atoms with E-state index >= 15 is 0 Å². The molecule has 0 aromatic heterocycles. The van der Waals surface area contributed by atoms with Crippen molar-refractivity contribution in [1.82, 2.24) is 0 Å². The van der Waals surface area contributed by atoms with Crippen molar-refractivity contribution in [3.05, 3.63) is 23.8 Å². The quantitative estimate of drug-likeness (QED) is 0.884. The molecule has 1 fully saturated rings. The van der Waals surface area contributed by atoms with Gasteiger partial charge in [-0.05, 0) is 31.0 Å². The smallest absolute Gasteiger partial charge is 0.335 e. The number of carboxylic acid groups (broad SMARTS) is 1. The summed E-state index contributed by atoms with van der Waals surface area (Å²) >= 11 is 0. The predicted octanol–water partition coefficient (Wildman–Crippen LogP) is 2.31. The fourth-order valence-electron chi connectivity index (χ4n) is 2.67. The molecule has 6 nitrogen and oxygen atoms in total. The van der Waals surface area contributed by atoms with Crippen LogP contribution in [0.2, 0.25) is 0 Å². The van der Waals surface area contributed by atoms with Crippen LogP contribution in [0.15, 0.2) is 23.1 Å². The van der Waals surface area contributed by atoms with Gasteiger partial charge in [-0.2, -0.15) is 0 Å². The molecule has 0 saturated heterocycles. The molecule has 1 saturated carbocycles. The summed E-state index contributed by atoms with van der Waals surface area (Å²) in [6.45, 7) is 1.87. The summed E-state index contributed by atoms with van der Waals surface area (Å²) in [5.74, 6) is -1.44. The zero-order valence-electron chi connectivity index (χ0n) is 12.5. The average Bonchev–Trinajstić information content (AvgIpc) is 2.85. The number of carbonyl (C=O) groups excluding carboxylic acids is 1. The molecule has 1 aromatic carbocycles. The number of aromatic carboxylic acids is 1. The van der Waals surface area contributed by atoms with Gasteiger partial charge in [0.05, 0.1) is 10.5 Å². The van der Waals surface area contributed by atoms with Gasteiger partial charge in [0.15, 0.2) is 9.84 Å². The maximum atomic E-state index is 12.4. The van der Waals surface area contributed by atoms with Crippen molar-refractivity contribution in [1.29, 1.82) is 0 Å². The minimum atomic E-state index is -3.57. The van der Waals surface area contributed by atoms with Crippen LogP contribution in [-0.4, -0.2) is 31.7 Å². The van der Waals surface area contributed by atoms with Gasteiger partial charge in [0.1, 0.15) is 0 Å². The lowest BCUT2D eigenvalue weighted by atomic mass is 9.88. The van der Waals surface area contributed by atoms with Gasteiger partial charge >= 0.3 is 5.97 Å². The lowest BCUT2D eigenvalue weighted by Crippen LogP contribution is -2.30. The van der Waals surface area contributed by atoms with Crippen molar-refractivity contribution in [2.24, 2.45) is 5.41 Å². The Hall–Kier alpha value is -1.89. The second-order valence-electron chi connectivity index (χ2n) is 6.05. The van der Waals surface area contributed by atoms with Crippen molar-refractivity contribution >= 4 is 27.4 Å². The van der Waals surface area contributed by atoms with Crippen LogP contribution in [-0.2, 0) is 14.6 Å². The van der Waals surface area contributed by atoms with Crippen molar-refractivity contribution in [3.63, 3.8) is 0 Å². The Morgan fingerprint density at radius 3 is 2.27 bits per heavy atom. The number of rotatable bonds is 4. The van der Waals surface area contributed by atoms with Crippen molar-refractivity contribution in [3.8, 4) is 0 Å². The van der Waals surface area contributed by atoms with Crippen LogP contribution in [0, 0.1) is 5.41 Å². The van der Waals surface area contributed by atoms with Gasteiger partial charge in [-0.25, -0.2) is 13.2 Å². The van der Waals surface area contributed by atoms with Gasteiger partial charge < -0.3 is 10.4 Å². The van der Waals surface area contributed by atoms with Crippen LogP contribution in [0.4, 0.5) is 5.69 Å². The second-order valence-corrected chi connectivity index (χ2v) is 8.06. The maximum absolute atomic E-state index is 12.4. The number of hydrogen-bond donors (Lipinski definition) is 2. The summed E-state index contributed by atoms with van der Waals surface area (Å²) in [7, 11) is -3.57. The highest BCUT2D eigenvalue weighted by Crippen LogP contribution is 2.38. The van der Waals surface area contributed by atoms with E-state index in [-0.39, 0.29) is 22.1 Å². The Morgan fingerprint density at radius 1 is 1.18 bits per heavy atom. The van der Waals surface area contributed by atoms with Gasteiger partial charge in [-0.1, -0.05) is 19.8 Å². The highest BCUT2D eigenvalue weighted by atomic mass is 32.2. The Balaban J connectivity index is 2.36. The van der Waals surface area contributed by atoms with Gasteiger partial charge in [-0.3, -0.25) is 4.79 Å². The number of nitrogens with one attached hydrogen (secondary N) is 1. The molecular formula is C15H19NO5S. The lowest BCUT2D eigenvalue weighted by Gasteiger charge is -2.22. The first kappa shape index (κ1) is 16.5. The van der Waals surface area contributed by atoms with Crippen LogP contribution in [0.3, 0.4) is 0 Å². The summed E-state index contributed by atoms with van der Waals surface area (Å²) in [6.07, 6.45) is 4.51. The van der Waals surface area contributed by atoms with Crippen molar-refractivity contribution in [2.75, 3.05) is 11.6 Å². The molecule has 0 aliphatic heterocycles. The first-order chi connectivity index (χ1) is 10.1. The molecule has 120 valence electrons. The molecule has 1 aliphatic carbocycles. The summed E-state index contributed by atoms with van der Waals surface area (Å²) < 4.78 is 23.3. The lowest BCUT2D eigenvalue weighted by molar-refractivity contribution is -0.124. The van der Waals surface area contributed by atoms with Gasteiger partial charge in [0.25, 0.3) is 0 Å². The Bertz CT molecular complexity index is 717. The second kappa shape index (κ2) is 5.72. The Morgan fingerprint density at radius 2 is 1.77 bits per heavy atom. The molecule has 22 heavy (non-hydrogen) atoms. The SMILES string of the molecule is CC1(C(=O)Nc2cc(C(=O)O)cc(S(C)(=O)=O)c2)CCCC1. The monoisotopic (exact) mass is 325 g/mol. The number of carboxylic acids is 1. The summed E-state index contributed by atoms with van der Waals surface area (Å²) in [5, 5.41) is 11.8. The molecule has 2 N–H and O–H groups in total. The fraction of sp³-hybridized carbons (Fsp3) is 0.467. The zero-order valence-corrected chi connectivity index (χ0v) is 13.4. The maximum Gasteiger partial charge on any atom is 0.335 e. The number of hydrogen-bond acceptors (Lipinski definition) is 4. The van der Waals surface area contributed by atoms with Crippen LogP contribution in [0.5, 0.6) is 0 Å². The summed E-state index contributed by atoms with van der Waals surface area (Å²) in [6, 6.07) is 3.65. The van der Waals surface area contributed by atoms with Crippen LogP contribution < -0.4 is 5.32 Å². The minimum Gasteiger partial charge on any atom is -0.478 e. The summed E-state index contributed by atoms with van der Waals surface area (Å²) in [4.78, 5) is 23.4. The fourth-order valence-corrected chi connectivity index (χ4v) is 3.36. The predicted molar refractivity (Wildman–Crippen MR) is 81.7 cm³/mol. The average molecular weight is 325 g/mol. The topological polar surface area (TPSA) is 101 Å². The molecule has 0 unspecified atom stereocenters. The van der Waals surface area contributed by atoms with Crippen molar-refractivity contribution < 1.29 is 23.1 Å². The van der Waals surface area contributed by atoms with E-state index < -0.39 is 21.2 Å². The third-order valence-electron chi connectivity index (χ3n) is 4.09. The molecule has 1 aliphatic rings. The van der Waals surface area contributed by atoms with E-state index in [2.05, 4.69) is 5.32 Å². The third kappa shape index (κ3) is 3.47. The first-order valence-corrected chi connectivity index (χ1v) is 8.91. The highest BCUT2D eigenvalue weighted by molar-refractivity contribution is 7.90. The molecule has 2 rings (SSSR count). The molecule has 0 atom stereocenters. The number of amides is 1. The van der Waals surface area contributed by atoms with E-state index in [1.165, 1.54) is 12.1 Å². The van der Waals surface area contributed by atoms with Crippen LogP contribution >= 0.6 is 0 Å².